The van der Waals surface area contributed by atoms with Gasteiger partial charge in [0.1, 0.15) is 5.56 Å². The minimum absolute atomic E-state index is 0.173. The van der Waals surface area contributed by atoms with Gasteiger partial charge in [-0.3, -0.25) is 14.9 Å². The highest BCUT2D eigenvalue weighted by atomic mass is 16.6. The van der Waals surface area contributed by atoms with Gasteiger partial charge in [0.25, 0.3) is 11.6 Å². The van der Waals surface area contributed by atoms with E-state index in [-0.39, 0.29) is 11.3 Å². The van der Waals surface area contributed by atoms with Crippen LogP contribution in [0.15, 0.2) is 24.3 Å². The average Bonchev–Trinajstić information content (AvgIpc) is 2.44. The smallest absolute Gasteiger partial charge is 0.345 e. The molecule has 7 heteroatoms. The summed E-state index contributed by atoms with van der Waals surface area (Å²) in [5, 5.41) is 13.4. The van der Waals surface area contributed by atoms with Crippen LogP contribution in [0.4, 0.5) is 5.69 Å². The van der Waals surface area contributed by atoms with E-state index < -0.39 is 22.9 Å². The highest BCUT2D eigenvalue weighted by molar-refractivity contribution is 5.95. The molecule has 1 aromatic carbocycles. The van der Waals surface area contributed by atoms with Crippen molar-refractivity contribution in [2.45, 2.75) is 26.4 Å². The number of hydrogen-bond donors (Lipinski definition) is 1. The molecule has 7 nitrogen and oxygen atoms in total. The summed E-state index contributed by atoms with van der Waals surface area (Å²) in [7, 11) is 0. The maximum absolute atomic E-state index is 11.9. The number of rotatable bonds is 6. The second-order valence-corrected chi connectivity index (χ2v) is 4.11. The van der Waals surface area contributed by atoms with Crippen molar-refractivity contribution in [1.29, 1.82) is 0 Å². The fourth-order valence-electron chi connectivity index (χ4n) is 1.47. The summed E-state index contributed by atoms with van der Waals surface area (Å²) >= 11 is 0. The number of hydrogen-bond acceptors (Lipinski definition) is 5. The second kappa shape index (κ2) is 7.22. The van der Waals surface area contributed by atoms with Gasteiger partial charge in [-0.2, -0.15) is 0 Å². The normalized spacial score (nSPS) is 11.5. The zero-order chi connectivity index (χ0) is 15.1. The van der Waals surface area contributed by atoms with E-state index >= 15 is 0 Å². The number of benzene rings is 1. The predicted octanol–water partition coefficient (Wildman–Crippen LogP) is 1.67. The summed E-state index contributed by atoms with van der Waals surface area (Å²) in [4.78, 5) is 33.6. The molecule has 1 amide bonds. The van der Waals surface area contributed by atoms with Crippen molar-refractivity contribution < 1.29 is 19.2 Å². The van der Waals surface area contributed by atoms with Crippen LogP contribution in [-0.4, -0.2) is 29.4 Å². The highest BCUT2D eigenvalue weighted by Crippen LogP contribution is 2.19. The third-order valence-electron chi connectivity index (χ3n) is 2.52. The van der Waals surface area contributed by atoms with Crippen LogP contribution in [-0.2, 0) is 9.53 Å². The highest BCUT2D eigenvalue weighted by Gasteiger charge is 2.24. The minimum Gasteiger partial charge on any atom is -0.449 e. The van der Waals surface area contributed by atoms with Crippen molar-refractivity contribution in [1.82, 2.24) is 5.32 Å². The summed E-state index contributed by atoms with van der Waals surface area (Å²) in [6, 6.07) is 5.44. The second-order valence-electron chi connectivity index (χ2n) is 4.11. The number of para-hydroxylation sites is 1. The molecule has 1 rings (SSSR count). The van der Waals surface area contributed by atoms with Crippen LogP contribution in [0.5, 0.6) is 0 Å². The zero-order valence-electron chi connectivity index (χ0n) is 11.3. The fraction of sp³-hybridized carbons (Fsp3) is 0.385. The average molecular weight is 280 g/mol. The minimum atomic E-state index is -1.01. The number of amides is 1. The molecule has 1 N–H and O–H groups in total. The quantitative estimate of drug-likeness (QED) is 0.485. The molecule has 0 aliphatic carbocycles. The zero-order valence-corrected chi connectivity index (χ0v) is 11.3. The van der Waals surface area contributed by atoms with Crippen LogP contribution in [0.2, 0.25) is 0 Å². The first kappa shape index (κ1) is 15.6. The van der Waals surface area contributed by atoms with Crippen LogP contribution < -0.4 is 5.32 Å². The summed E-state index contributed by atoms with van der Waals surface area (Å²) in [6.45, 7) is 3.79. The standard InChI is InChI=1S/C13H16N2O5/c1-3-8-14-12(16)9(2)20-13(17)10-6-4-5-7-11(10)15(18)19/h4-7,9H,3,8H2,1-2H3,(H,14,16). The molecule has 0 fully saturated rings. The first-order valence-electron chi connectivity index (χ1n) is 6.19. The number of carbonyl (C=O) groups excluding carboxylic acids is 2. The third-order valence-corrected chi connectivity index (χ3v) is 2.52. The first-order valence-corrected chi connectivity index (χ1v) is 6.19. The van der Waals surface area contributed by atoms with Crippen molar-refractivity contribution in [2.24, 2.45) is 0 Å². The van der Waals surface area contributed by atoms with E-state index in [9.17, 15) is 19.7 Å². The molecule has 1 unspecified atom stereocenters. The van der Waals surface area contributed by atoms with Gasteiger partial charge in [-0.1, -0.05) is 19.1 Å². The van der Waals surface area contributed by atoms with Gasteiger partial charge < -0.3 is 10.1 Å². The van der Waals surface area contributed by atoms with Gasteiger partial charge in [-0.15, -0.1) is 0 Å². The van der Waals surface area contributed by atoms with E-state index in [0.717, 1.165) is 6.42 Å². The van der Waals surface area contributed by atoms with Gasteiger partial charge >= 0.3 is 5.97 Å². The van der Waals surface area contributed by atoms with E-state index in [0.29, 0.717) is 6.54 Å². The lowest BCUT2D eigenvalue weighted by Crippen LogP contribution is -2.36. The van der Waals surface area contributed by atoms with Crippen molar-refractivity contribution in [3.05, 3.63) is 39.9 Å². The molecule has 20 heavy (non-hydrogen) atoms. The van der Waals surface area contributed by atoms with E-state index in [1.807, 2.05) is 6.92 Å². The molecule has 0 spiro atoms. The summed E-state index contributed by atoms with van der Waals surface area (Å²) in [5.74, 6) is -1.32. The van der Waals surface area contributed by atoms with Crippen LogP contribution in [0.25, 0.3) is 0 Å². The Morgan fingerprint density at radius 1 is 1.40 bits per heavy atom. The lowest BCUT2D eigenvalue weighted by molar-refractivity contribution is -0.385. The molecule has 0 saturated heterocycles. The molecule has 0 aromatic heterocycles. The Bertz CT molecular complexity index is 515. The van der Waals surface area contributed by atoms with Crippen LogP contribution in [0.3, 0.4) is 0 Å². The maximum Gasteiger partial charge on any atom is 0.345 e. The Morgan fingerprint density at radius 3 is 2.65 bits per heavy atom. The van der Waals surface area contributed by atoms with Gasteiger partial charge in [-0.25, -0.2) is 4.79 Å². The van der Waals surface area contributed by atoms with E-state index in [2.05, 4.69) is 5.32 Å². The van der Waals surface area contributed by atoms with Crippen molar-refractivity contribution in [3.63, 3.8) is 0 Å². The van der Waals surface area contributed by atoms with Gasteiger partial charge in [0, 0.05) is 12.6 Å². The van der Waals surface area contributed by atoms with E-state index in [1.54, 1.807) is 0 Å². The molecular weight excluding hydrogens is 264 g/mol. The Labute approximate surface area is 116 Å². The van der Waals surface area contributed by atoms with Crippen molar-refractivity contribution >= 4 is 17.6 Å². The maximum atomic E-state index is 11.9. The van der Waals surface area contributed by atoms with Crippen LogP contribution in [0.1, 0.15) is 30.6 Å². The number of carbonyl (C=O) groups is 2. The largest absolute Gasteiger partial charge is 0.449 e. The summed E-state index contributed by atoms with van der Waals surface area (Å²) in [6.07, 6.45) is -0.245. The lowest BCUT2D eigenvalue weighted by atomic mass is 10.2. The number of ether oxygens (including phenoxy) is 1. The summed E-state index contributed by atoms with van der Waals surface area (Å²) < 4.78 is 4.93. The number of nitrogens with one attached hydrogen (secondary N) is 1. The molecule has 0 saturated carbocycles. The molecule has 0 aliphatic rings. The van der Waals surface area contributed by atoms with Gasteiger partial charge in [0.15, 0.2) is 6.10 Å². The van der Waals surface area contributed by atoms with E-state index in [1.165, 1.54) is 31.2 Å². The lowest BCUT2D eigenvalue weighted by Gasteiger charge is -2.13. The van der Waals surface area contributed by atoms with Crippen LogP contribution >= 0.6 is 0 Å². The number of nitro groups is 1. The van der Waals surface area contributed by atoms with Gasteiger partial charge in [-0.05, 0) is 19.4 Å². The molecule has 0 aliphatic heterocycles. The molecule has 108 valence electrons. The first-order chi connectivity index (χ1) is 9.47. The van der Waals surface area contributed by atoms with Gasteiger partial charge in [0.05, 0.1) is 4.92 Å². The van der Waals surface area contributed by atoms with E-state index in [4.69, 9.17) is 4.74 Å². The van der Waals surface area contributed by atoms with Crippen LogP contribution in [0, 0.1) is 10.1 Å². The Kier molecular flexibility index (Phi) is 5.64. The van der Waals surface area contributed by atoms with Crippen molar-refractivity contribution in [2.75, 3.05) is 6.54 Å². The molecule has 1 aromatic rings. The Balaban J connectivity index is 2.76. The Hall–Kier alpha value is -2.44. The summed E-state index contributed by atoms with van der Waals surface area (Å²) in [5.41, 5.74) is -0.522. The molecule has 1 atom stereocenters. The topological polar surface area (TPSA) is 98.5 Å². The predicted molar refractivity (Wildman–Crippen MR) is 71.3 cm³/mol. The SMILES string of the molecule is CCCNC(=O)C(C)OC(=O)c1ccccc1[N+](=O)[O-]. The third kappa shape index (κ3) is 4.04. The number of esters is 1. The molecule has 0 heterocycles. The Morgan fingerprint density at radius 2 is 2.05 bits per heavy atom. The van der Waals surface area contributed by atoms with Gasteiger partial charge in [0.2, 0.25) is 0 Å². The molecule has 0 radical (unpaired) electrons. The number of nitrogens with zero attached hydrogens (tertiary/aromatic N) is 1. The monoisotopic (exact) mass is 280 g/mol. The van der Waals surface area contributed by atoms with Crippen molar-refractivity contribution in [3.8, 4) is 0 Å². The molecular formula is C13H16N2O5. The number of nitro benzene ring substituents is 1. The fourth-order valence-corrected chi connectivity index (χ4v) is 1.47. The molecule has 0 bridgehead atoms.